The van der Waals surface area contributed by atoms with Crippen molar-refractivity contribution in [3.63, 3.8) is 0 Å². The first-order valence-electron chi connectivity index (χ1n) is 16.1. The van der Waals surface area contributed by atoms with Crippen molar-refractivity contribution in [2.45, 2.75) is 154 Å². The van der Waals surface area contributed by atoms with Crippen molar-refractivity contribution in [3.05, 3.63) is 0 Å². The molecular formula is C31H58N2O9. The van der Waals surface area contributed by atoms with E-state index in [1.165, 1.54) is 89.9 Å². The summed E-state index contributed by atoms with van der Waals surface area (Å²) < 4.78 is 5.79. The third-order valence-corrected chi connectivity index (χ3v) is 7.48. The van der Waals surface area contributed by atoms with Crippen LogP contribution in [0.1, 0.15) is 136 Å². The number of nitrogens with one attached hydrogen (secondary N) is 2. The van der Waals surface area contributed by atoms with Gasteiger partial charge >= 0.3 is 17.9 Å². The van der Waals surface area contributed by atoms with Crippen LogP contribution in [-0.4, -0.2) is 81.7 Å². The summed E-state index contributed by atoms with van der Waals surface area (Å²) in [6, 6.07) is 0.145. The van der Waals surface area contributed by atoms with Crippen LogP contribution in [0.25, 0.3) is 0 Å². The lowest BCUT2D eigenvalue weighted by molar-refractivity contribution is -0.170. The van der Waals surface area contributed by atoms with E-state index in [-0.39, 0.29) is 18.1 Å². The summed E-state index contributed by atoms with van der Waals surface area (Å²) in [5.74, 6) is -4.82. The van der Waals surface area contributed by atoms with Gasteiger partial charge in [0.25, 0.3) is 0 Å². The molecule has 1 fully saturated rings. The SMILES string of the molecule is CCCCCCCCCCCCCCCCCC(=O)NC(CC)C1CNCCO1.O=C(O)CC(O)(CC(=O)O)C(=O)O. The Hall–Kier alpha value is -2.24. The molecule has 0 spiro atoms. The summed E-state index contributed by atoms with van der Waals surface area (Å²) in [5.41, 5.74) is -2.74. The molecule has 1 saturated heterocycles. The zero-order valence-corrected chi connectivity index (χ0v) is 26.0. The standard InChI is InChI=1S/C25H50N2O2.C6H8O7/c1-3-5-6-7-8-9-10-11-12-13-14-15-16-17-18-19-25(28)27-23(4-2)24-22-26-20-21-29-24;7-3(8)1-6(13,5(11)12)2-4(9)10/h23-24,26H,3-22H2,1-2H3,(H,27,28);13H,1-2H2,(H,7,8)(H,9,10)(H,11,12). The van der Waals surface area contributed by atoms with Crippen LogP contribution in [0.4, 0.5) is 0 Å². The number of ether oxygens (including phenoxy) is 1. The number of hydrogen-bond donors (Lipinski definition) is 6. The van der Waals surface area contributed by atoms with Gasteiger partial charge in [0, 0.05) is 19.5 Å². The van der Waals surface area contributed by atoms with Crippen LogP contribution in [0.3, 0.4) is 0 Å². The lowest BCUT2D eigenvalue weighted by Crippen LogP contribution is -2.51. The Morgan fingerprint density at radius 2 is 1.24 bits per heavy atom. The molecule has 1 aliphatic rings. The zero-order valence-electron chi connectivity index (χ0n) is 26.0. The molecule has 0 saturated carbocycles. The van der Waals surface area contributed by atoms with Gasteiger partial charge in [-0.3, -0.25) is 14.4 Å². The molecule has 1 aliphatic heterocycles. The highest BCUT2D eigenvalue weighted by Crippen LogP contribution is 2.16. The first kappa shape index (κ1) is 39.8. The normalized spacial score (nSPS) is 15.7. The first-order chi connectivity index (χ1) is 20.1. The maximum Gasteiger partial charge on any atom is 0.336 e. The predicted octanol–water partition coefficient (Wildman–Crippen LogP) is 4.88. The van der Waals surface area contributed by atoms with Crippen LogP contribution in [0, 0.1) is 0 Å². The zero-order chi connectivity index (χ0) is 31.6. The van der Waals surface area contributed by atoms with Gasteiger partial charge in [0.1, 0.15) is 0 Å². The van der Waals surface area contributed by atoms with Crippen molar-refractivity contribution in [2.75, 3.05) is 19.7 Å². The van der Waals surface area contributed by atoms with Gasteiger partial charge in [0.2, 0.25) is 5.91 Å². The Labute approximate surface area is 252 Å². The van der Waals surface area contributed by atoms with Crippen molar-refractivity contribution in [1.82, 2.24) is 10.6 Å². The van der Waals surface area contributed by atoms with E-state index in [9.17, 15) is 19.2 Å². The molecular weight excluding hydrogens is 544 g/mol. The molecule has 0 radical (unpaired) electrons. The summed E-state index contributed by atoms with van der Waals surface area (Å²) in [7, 11) is 0. The molecule has 0 aromatic carbocycles. The van der Waals surface area contributed by atoms with Crippen molar-refractivity contribution >= 4 is 23.8 Å². The maximum atomic E-state index is 12.2. The van der Waals surface area contributed by atoms with E-state index in [2.05, 4.69) is 24.5 Å². The molecule has 1 amide bonds. The van der Waals surface area contributed by atoms with E-state index in [1.807, 2.05) is 0 Å². The summed E-state index contributed by atoms with van der Waals surface area (Å²) in [6.45, 7) is 6.91. The number of rotatable bonds is 24. The van der Waals surface area contributed by atoms with Crippen LogP contribution in [0.15, 0.2) is 0 Å². The fourth-order valence-corrected chi connectivity index (χ4v) is 4.95. The summed E-state index contributed by atoms with van der Waals surface area (Å²) in [5, 5.41) is 40.3. The molecule has 0 aromatic rings. The van der Waals surface area contributed by atoms with Gasteiger partial charge in [-0.2, -0.15) is 0 Å². The summed E-state index contributed by atoms with van der Waals surface area (Å²) in [4.78, 5) is 42.7. The van der Waals surface area contributed by atoms with Crippen LogP contribution < -0.4 is 10.6 Å². The van der Waals surface area contributed by atoms with Crippen LogP contribution >= 0.6 is 0 Å². The van der Waals surface area contributed by atoms with Crippen LogP contribution in [0.2, 0.25) is 0 Å². The molecule has 0 aromatic heterocycles. The molecule has 246 valence electrons. The fraction of sp³-hybridized carbons (Fsp3) is 0.871. The number of unbranched alkanes of at least 4 members (excludes halogenated alkanes) is 14. The van der Waals surface area contributed by atoms with E-state index in [0.29, 0.717) is 6.42 Å². The Morgan fingerprint density at radius 1 is 0.786 bits per heavy atom. The lowest BCUT2D eigenvalue weighted by atomic mass is 9.96. The van der Waals surface area contributed by atoms with Crippen LogP contribution in [0.5, 0.6) is 0 Å². The van der Waals surface area contributed by atoms with E-state index in [1.54, 1.807) is 0 Å². The van der Waals surface area contributed by atoms with E-state index < -0.39 is 36.4 Å². The number of aliphatic carboxylic acids is 3. The number of hydrogen-bond acceptors (Lipinski definition) is 7. The Balaban J connectivity index is 0.00000108. The van der Waals surface area contributed by atoms with Gasteiger partial charge in [0.05, 0.1) is 31.6 Å². The smallest absolute Gasteiger partial charge is 0.336 e. The van der Waals surface area contributed by atoms with E-state index >= 15 is 0 Å². The molecule has 11 nitrogen and oxygen atoms in total. The molecule has 0 bridgehead atoms. The second-order valence-electron chi connectivity index (χ2n) is 11.4. The van der Waals surface area contributed by atoms with Crippen molar-refractivity contribution in [2.24, 2.45) is 0 Å². The van der Waals surface area contributed by atoms with Crippen LogP contribution in [-0.2, 0) is 23.9 Å². The topological polar surface area (TPSA) is 182 Å². The second kappa shape index (κ2) is 25.3. The van der Waals surface area contributed by atoms with Crippen molar-refractivity contribution in [3.8, 4) is 0 Å². The van der Waals surface area contributed by atoms with Gasteiger partial charge in [-0.05, 0) is 12.8 Å². The third-order valence-electron chi connectivity index (χ3n) is 7.48. The van der Waals surface area contributed by atoms with E-state index in [0.717, 1.165) is 32.5 Å². The molecule has 2 atom stereocenters. The lowest BCUT2D eigenvalue weighted by Gasteiger charge is -2.31. The minimum absolute atomic E-state index is 0.124. The highest BCUT2D eigenvalue weighted by molar-refractivity contribution is 5.88. The average Bonchev–Trinajstić information content (AvgIpc) is 2.93. The number of carboxylic acids is 3. The van der Waals surface area contributed by atoms with Gasteiger partial charge in [-0.25, -0.2) is 4.79 Å². The van der Waals surface area contributed by atoms with Crippen molar-refractivity contribution < 1.29 is 44.3 Å². The Bertz CT molecular complexity index is 726. The Morgan fingerprint density at radius 3 is 1.60 bits per heavy atom. The fourth-order valence-electron chi connectivity index (χ4n) is 4.95. The quantitative estimate of drug-likeness (QED) is 0.0833. The molecule has 42 heavy (non-hydrogen) atoms. The molecule has 0 aliphatic carbocycles. The maximum absolute atomic E-state index is 12.2. The molecule has 6 N–H and O–H groups in total. The first-order valence-corrected chi connectivity index (χ1v) is 16.1. The largest absolute Gasteiger partial charge is 0.481 e. The number of carboxylic acid groups (broad SMARTS) is 3. The average molecular weight is 603 g/mol. The predicted molar refractivity (Wildman–Crippen MR) is 161 cm³/mol. The summed E-state index contributed by atoms with van der Waals surface area (Å²) in [6.07, 6.45) is 19.8. The Kier molecular flexibility index (Phi) is 23.9. The van der Waals surface area contributed by atoms with Gasteiger partial charge < -0.3 is 35.8 Å². The number of carbonyl (C=O) groups is 4. The van der Waals surface area contributed by atoms with Gasteiger partial charge in [-0.1, -0.05) is 104 Å². The molecule has 1 rings (SSSR count). The molecule has 11 heteroatoms. The third kappa shape index (κ3) is 21.5. The highest BCUT2D eigenvalue weighted by atomic mass is 16.5. The highest BCUT2D eigenvalue weighted by Gasteiger charge is 2.40. The summed E-state index contributed by atoms with van der Waals surface area (Å²) >= 11 is 0. The van der Waals surface area contributed by atoms with E-state index in [4.69, 9.17) is 25.2 Å². The number of morpholine rings is 1. The number of carbonyl (C=O) groups excluding carboxylic acids is 1. The second-order valence-corrected chi connectivity index (χ2v) is 11.4. The number of amides is 1. The number of aliphatic hydroxyl groups is 1. The molecule has 2 unspecified atom stereocenters. The monoisotopic (exact) mass is 602 g/mol. The van der Waals surface area contributed by atoms with Gasteiger partial charge in [-0.15, -0.1) is 0 Å². The molecule has 1 heterocycles. The minimum Gasteiger partial charge on any atom is -0.481 e. The van der Waals surface area contributed by atoms with Crippen molar-refractivity contribution in [1.29, 1.82) is 0 Å². The minimum atomic E-state index is -2.74. The van der Waals surface area contributed by atoms with Gasteiger partial charge in [0.15, 0.2) is 5.60 Å².